The molecule has 2 amide bonds. The largest absolute Gasteiger partial charge is 0.334 e. The van der Waals surface area contributed by atoms with Gasteiger partial charge in [0.25, 0.3) is 0 Å². The normalized spacial score (nSPS) is 11.0. The van der Waals surface area contributed by atoms with Crippen LogP contribution < -0.4 is 9.44 Å². The lowest BCUT2D eigenvalue weighted by atomic mass is 10.1. The topological polar surface area (TPSA) is 41.1 Å². The van der Waals surface area contributed by atoms with Gasteiger partial charge in [0.05, 0.1) is 0 Å². The first-order valence-corrected chi connectivity index (χ1v) is 15.1. The van der Waals surface area contributed by atoms with E-state index in [1.165, 1.54) is 128 Å². The Balaban J connectivity index is 3.14. The van der Waals surface area contributed by atoms with E-state index in [1.54, 1.807) is 23.9 Å². The van der Waals surface area contributed by atoms with E-state index in [0.29, 0.717) is 0 Å². The van der Waals surface area contributed by atoms with E-state index in [1.807, 2.05) is 0 Å². The number of hydrogen-bond donors (Lipinski definition) is 2. The van der Waals surface area contributed by atoms with Crippen LogP contribution in [0, 0.1) is 0 Å². The third-order valence-corrected chi connectivity index (χ3v) is 7.17. The third kappa shape index (κ3) is 26.0. The predicted molar refractivity (Wildman–Crippen MR) is 140 cm³/mol. The van der Waals surface area contributed by atoms with Crippen LogP contribution in [0.4, 0.5) is 4.79 Å². The molecule has 5 heteroatoms. The molecule has 0 aliphatic carbocycles. The lowest BCUT2D eigenvalue weighted by Crippen LogP contribution is -2.26. The molecule has 0 aromatic rings. The van der Waals surface area contributed by atoms with Gasteiger partial charge in [-0.05, 0) is 36.7 Å². The van der Waals surface area contributed by atoms with Crippen LogP contribution in [-0.4, -0.2) is 17.5 Å². The Kier molecular flexibility index (Phi) is 27.0. The molecule has 3 nitrogen and oxygen atoms in total. The second-order valence-electron chi connectivity index (χ2n) is 8.59. The van der Waals surface area contributed by atoms with E-state index >= 15 is 0 Å². The Labute approximate surface area is 197 Å². The number of unbranched alkanes of at least 4 members (excludes halogenated alkanes) is 18. The average molecular weight is 461 g/mol. The standard InChI is InChI=1S/C25H52N2OS2/c1-3-5-7-9-11-13-15-17-19-21-23-29-26-25(28)27-30-24-22-20-18-16-14-12-10-8-6-4-2/h3-24H2,1-2H3,(H2,26,27,28). The van der Waals surface area contributed by atoms with Crippen molar-refractivity contribution in [2.24, 2.45) is 0 Å². The first-order chi connectivity index (χ1) is 14.8. The highest BCUT2D eigenvalue weighted by atomic mass is 32.2. The minimum atomic E-state index is -0.0517. The fourth-order valence-corrected chi connectivity index (χ4v) is 4.91. The average Bonchev–Trinajstić information content (AvgIpc) is 2.75. The fourth-order valence-electron chi connectivity index (χ4n) is 3.58. The number of rotatable bonds is 24. The van der Waals surface area contributed by atoms with Gasteiger partial charge in [0.1, 0.15) is 0 Å². The van der Waals surface area contributed by atoms with Crippen LogP contribution in [0.25, 0.3) is 0 Å². The van der Waals surface area contributed by atoms with Crippen LogP contribution in [0.1, 0.15) is 142 Å². The quantitative estimate of drug-likeness (QED) is 0.111. The van der Waals surface area contributed by atoms with Gasteiger partial charge in [-0.3, -0.25) is 9.44 Å². The van der Waals surface area contributed by atoms with Crippen molar-refractivity contribution in [2.45, 2.75) is 142 Å². The first-order valence-electron chi connectivity index (χ1n) is 13.1. The van der Waals surface area contributed by atoms with Crippen LogP contribution in [-0.2, 0) is 0 Å². The number of hydrogen-bond acceptors (Lipinski definition) is 3. The molecule has 0 saturated heterocycles. The van der Waals surface area contributed by atoms with Crippen LogP contribution in [0.5, 0.6) is 0 Å². The Morgan fingerprint density at radius 3 is 1.03 bits per heavy atom. The number of nitrogens with one attached hydrogen (secondary N) is 2. The molecule has 30 heavy (non-hydrogen) atoms. The Bertz CT molecular complexity index is 313. The summed E-state index contributed by atoms with van der Waals surface area (Å²) in [5.74, 6) is 2.04. The van der Waals surface area contributed by atoms with Gasteiger partial charge in [0.2, 0.25) is 0 Å². The van der Waals surface area contributed by atoms with Gasteiger partial charge in [-0.1, -0.05) is 129 Å². The van der Waals surface area contributed by atoms with Gasteiger partial charge in [0.15, 0.2) is 0 Å². The predicted octanol–water partition coefficient (Wildman–Crippen LogP) is 9.42. The first kappa shape index (κ1) is 30.0. The molecule has 0 bridgehead atoms. The second kappa shape index (κ2) is 27.0. The molecule has 180 valence electrons. The molecule has 0 aliphatic heterocycles. The number of urea groups is 1. The summed E-state index contributed by atoms with van der Waals surface area (Å²) < 4.78 is 5.80. The summed E-state index contributed by atoms with van der Waals surface area (Å²) in [6, 6.07) is -0.0517. The Morgan fingerprint density at radius 2 is 0.733 bits per heavy atom. The summed E-state index contributed by atoms with van der Waals surface area (Å²) in [5.41, 5.74) is 0. The van der Waals surface area contributed by atoms with Gasteiger partial charge < -0.3 is 0 Å². The van der Waals surface area contributed by atoms with Crippen molar-refractivity contribution in [1.29, 1.82) is 0 Å². The molecule has 2 N–H and O–H groups in total. The molecule has 0 radical (unpaired) electrons. The van der Waals surface area contributed by atoms with Crippen molar-refractivity contribution in [2.75, 3.05) is 11.5 Å². The second-order valence-corrected chi connectivity index (χ2v) is 10.4. The molecule has 0 atom stereocenters. The maximum Gasteiger partial charge on any atom is 0.334 e. The summed E-state index contributed by atoms with van der Waals surface area (Å²) in [5, 5.41) is 0. The van der Waals surface area contributed by atoms with Crippen molar-refractivity contribution in [1.82, 2.24) is 9.44 Å². The number of carbonyl (C=O) groups is 1. The molecular formula is C25H52N2OS2. The Morgan fingerprint density at radius 1 is 0.467 bits per heavy atom. The van der Waals surface area contributed by atoms with Crippen molar-refractivity contribution < 1.29 is 4.79 Å². The van der Waals surface area contributed by atoms with Crippen molar-refractivity contribution in [3.63, 3.8) is 0 Å². The zero-order valence-electron chi connectivity index (χ0n) is 20.3. The maximum atomic E-state index is 11.7. The van der Waals surface area contributed by atoms with Crippen LogP contribution in [0.3, 0.4) is 0 Å². The molecule has 0 aliphatic rings. The minimum Gasteiger partial charge on any atom is -0.281 e. The number of amides is 2. The summed E-state index contributed by atoms with van der Waals surface area (Å²) in [7, 11) is 0. The van der Waals surface area contributed by atoms with Gasteiger partial charge in [-0.2, -0.15) is 0 Å². The maximum absolute atomic E-state index is 11.7. The van der Waals surface area contributed by atoms with E-state index in [9.17, 15) is 4.79 Å². The SMILES string of the molecule is CCCCCCCCCCCCSNC(=O)NSCCCCCCCCCCCC. The molecule has 0 rings (SSSR count). The molecule has 0 aromatic carbocycles. The number of carbonyl (C=O) groups excluding carboxylic acids is 1. The summed E-state index contributed by atoms with van der Waals surface area (Å²) in [6.45, 7) is 4.55. The Hall–Kier alpha value is -0.0300. The van der Waals surface area contributed by atoms with E-state index in [-0.39, 0.29) is 6.03 Å². The smallest absolute Gasteiger partial charge is 0.281 e. The molecule has 0 unspecified atom stereocenters. The van der Waals surface area contributed by atoms with Gasteiger partial charge in [-0.15, -0.1) is 0 Å². The third-order valence-electron chi connectivity index (χ3n) is 5.53. The van der Waals surface area contributed by atoms with Crippen molar-refractivity contribution in [3.05, 3.63) is 0 Å². The highest BCUT2D eigenvalue weighted by Gasteiger charge is 2.00. The van der Waals surface area contributed by atoms with E-state index in [2.05, 4.69) is 23.3 Å². The van der Waals surface area contributed by atoms with E-state index in [0.717, 1.165) is 11.5 Å². The van der Waals surface area contributed by atoms with Crippen LogP contribution >= 0.6 is 23.9 Å². The fraction of sp³-hybridized carbons (Fsp3) is 0.960. The molecule has 0 heterocycles. The van der Waals surface area contributed by atoms with Crippen LogP contribution in [0.2, 0.25) is 0 Å². The minimum absolute atomic E-state index is 0.0517. The summed E-state index contributed by atoms with van der Waals surface area (Å²) in [4.78, 5) is 11.7. The van der Waals surface area contributed by atoms with Gasteiger partial charge in [-0.25, -0.2) is 4.79 Å². The molecule has 0 saturated carbocycles. The van der Waals surface area contributed by atoms with Gasteiger partial charge in [0, 0.05) is 11.5 Å². The zero-order chi connectivity index (χ0) is 22.0. The van der Waals surface area contributed by atoms with Crippen molar-refractivity contribution in [3.8, 4) is 0 Å². The molecular weight excluding hydrogens is 408 g/mol. The highest BCUT2D eigenvalue weighted by Crippen LogP contribution is 2.13. The monoisotopic (exact) mass is 460 g/mol. The van der Waals surface area contributed by atoms with E-state index in [4.69, 9.17) is 0 Å². The highest BCUT2D eigenvalue weighted by molar-refractivity contribution is 7.99. The molecule has 0 spiro atoms. The zero-order valence-corrected chi connectivity index (χ0v) is 21.9. The molecule has 0 fully saturated rings. The summed E-state index contributed by atoms with van der Waals surface area (Å²) >= 11 is 3.10. The lowest BCUT2D eigenvalue weighted by molar-refractivity contribution is 0.252. The van der Waals surface area contributed by atoms with Crippen molar-refractivity contribution >= 4 is 29.9 Å². The molecule has 0 aromatic heterocycles. The summed E-state index contributed by atoms with van der Waals surface area (Å²) in [6.07, 6.45) is 27.2. The lowest BCUT2D eigenvalue weighted by Gasteiger charge is -2.06. The van der Waals surface area contributed by atoms with Crippen LogP contribution in [0.15, 0.2) is 0 Å². The van der Waals surface area contributed by atoms with Gasteiger partial charge >= 0.3 is 6.03 Å². The van der Waals surface area contributed by atoms with E-state index < -0.39 is 0 Å².